The molecule has 0 N–H and O–H groups in total. The first-order valence-corrected chi connectivity index (χ1v) is 5.44. The summed E-state index contributed by atoms with van der Waals surface area (Å²) in [5.41, 5.74) is 1.12. The Kier molecular flexibility index (Phi) is 2.39. The van der Waals surface area contributed by atoms with Crippen LogP contribution in [0.2, 0.25) is 0 Å². The molecular weight excluding hydrogens is 196 g/mol. The minimum absolute atomic E-state index is 0.0105. The summed E-state index contributed by atoms with van der Waals surface area (Å²) in [6, 6.07) is 3.33. The van der Waals surface area contributed by atoms with Crippen LogP contribution in [0, 0.1) is 12.3 Å². The first kappa shape index (κ1) is 9.77. The maximum atomic E-state index is 11.5. The summed E-state index contributed by atoms with van der Waals surface area (Å²) in [4.78, 5) is 11.5. The quantitative estimate of drug-likeness (QED) is 0.762. The molecule has 1 fully saturated rings. The average molecular weight is 210 g/mol. The van der Waals surface area contributed by atoms with E-state index in [0.29, 0.717) is 0 Å². The molecular formula is C10H14N2OS. The molecule has 1 heterocycles. The van der Waals surface area contributed by atoms with E-state index in [1.165, 1.54) is 12.8 Å². The van der Waals surface area contributed by atoms with Crippen LogP contribution in [-0.2, 0) is 6.54 Å². The van der Waals surface area contributed by atoms with Gasteiger partial charge in [0.15, 0.2) is 0 Å². The molecule has 3 nitrogen and oxygen atoms in total. The summed E-state index contributed by atoms with van der Waals surface area (Å²) in [7, 11) is 0. The number of aromatic nitrogens is 2. The van der Waals surface area contributed by atoms with E-state index < -0.39 is 0 Å². The van der Waals surface area contributed by atoms with Crippen molar-refractivity contribution in [3.05, 3.63) is 28.2 Å². The van der Waals surface area contributed by atoms with E-state index in [2.05, 4.69) is 17.7 Å². The second kappa shape index (κ2) is 3.42. The van der Waals surface area contributed by atoms with Crippen LogP contribution < -0.4 is 5.56 Å². The second-order valence-electron chi connectivity index (χ2n) is 4.13. The monoisotopic (exact) mass is 210 g/mol. The maximum Gasteiger partial charge on any atom is 0.266 e. The summed E-state index contributed by atoms with van der Waals surface area (Å²) >= 11 is 4.31. The van der Waals surface area contributed by atoms with Crippen LogP contribution in [0.5, 0.6) is 0 Å². The van der Waals surface area contributed by atoms with Gasteiger partial charge >= 0.3 is 0 Å². The van der Waals surface area contributed by atoms with E-state index in [-0.39, 0.29) is 11.0 Å². The molecule has 0 atom stereocenters. The van der Waals surface area contributed by atoms with Crippen molar-refractivity contribution >= 4 is 12.6 Å². The summed E-state index contributed by atoms with van der Waals surface area (Å²) in [6.45, 7) is 2.62. The van der Waals surface area contributed by atoms with Gasteiger partial charge in [-0.25, -0.2) is 4.68 Å². The van der Waals surface area contributed by atoms with Crippen molar-refractivity contribution in [3.8, 4) is 0 Å². The van der Waals surface area contributed by atoms with E-state index in [4.69, 9.17) is 0 Å². The van der Waals surface area contributed by atoms with Crippen molar-refractivity contribution in [1.29, 1.82) is 0 Å². The fourth-order valence-corrected chi connectivity index (χ4v) is 1.94. The Labute approximate surface area is 88.5 Å². The average Bonchev–Trinajstić information content (AvgIpc) is 2.92. The minimum atomic E-state index is -0.0105. The number of rotatable bonds is 3. The molecule has 0 spiro atoms. The molecule has 1 aromatic rings. The van der Waals surface area contributed by atoms with Gasteiger partial charge in [-0.1, -0.05) is 0 Å². The zero-order valence-electron chi connectivity index (χ0n) is 8.23. The molecule has 0 unspecified atom stereocenters. The summed E-state index contributed by atoms with van der Waals surface area (Å²) in [5, 5.41) is 4.22. The van der Waals surface area contributed by atoms with E-state index in [1.807, 2.05) is 6.92 Å². The SMILES string of the molecule is Cc1ccc(=O)n(CC2(CS)CC2)n1. The van der Waals surface area contributed by atoms with E-state index >= 15 is 0 Å². The van der Waals surface area contributed by atoms with Gasteiger partial charge in [-0.3, -0.25) is 4.79 Å². The molecule has 1 aromatic heterocycles. The lowest BCUT2D eigenvalue weighted by Gasteiger charge is -2.12. The zero-order chi connectivity index (χ0) is 10.2. The lowest BCUT2D eigenvalue weighted by molar-refractivity contribution is 0.422. The summed E-state index contributed by atoms with van der Waals surface area (Å²) in [6.07, 6.45) is 2.33. The maximum absolute atomic E-state index is 11.5. The lowest BCUT2D eigenvalue weighted by Crippen LogP contribution is -2.27. The lowest BCUT2D eigenvalue weighted by atomic mass is 10.1. The fourth-order valence-electron chi connectivity index (χ4n) is 1.52. The van der Waals surface area contributed by atoms with Crippen molar-refractivity contribution in [2.24, 2.45) is 5.41 Å². The summed E-state index contributed by atoms with van der Waals surface area (Å²) < 4.78 is 1.57. The third-order valence-electron chi connectivity index (χ3n) is 2.78. The predicted octanol–water partition coefficient (Wildman–Crippen LogP) is 1.26. The molecule has 76 valence electrons. The van der Waals surface area contributed by atoms with Crippen LogP contribution in [0.1, 0.15) is 18.5 Å². The van der Waals surface area contributed by atoms with Gasteiger partial charge in [0.25, 0.3) is 5.56 Å². The minimum Gasteiger partial charge on any atom is -0.268 e. The Hall–Kier alpha value is -0.770. The van der Waals surface area contributed by atoms with Crippen LogP contribution in [-0.4, -0.2) is 15.5 Å². The first-order chi connectivity index (χ1) is 6.65. The van der Waals surface area contributed by atoms with Crippen molar-refractivity contribution in [1.82, 2.24) is 9.78 Å². The molecule has 14 heavy (non-hydrogen) atoms. The number of nitrogens with zero attached hydrogens (tertiary/aromatic N) is 2. The zero-order valence-corrected chi connectivity index (χ0v) is 9.13. The number of aryl methyl sites for hydroxylation is 1. The first-order valence-electron chi connectivity index (χ1n) is 4.81. The van der Waals surface area contributed by atoms with Crippen molar-refractivity contribution in [2.75, 3.05) is 5.75 Å². The fraction of sp³-hybridized carbons (Fsp3) is 0.600. The standard InChI is InChI=1S/C10H14N2OS/c1-8-2-3-9(13)12(11-8)6-10(7-14)4-5-10/h2-3,14H,4-7H2,1H3. The Morgan fingerprint density at radius 3 is 2.86 bits per heavy atom. The molecule has 1 saturated carbocycles. The number of hydrogen-bond acceptors (Lipinski definition) is 3. The van der Waals surface area contributed by atoms with Crippen molar-refractivity contribution in [3.63, 3.8) is 0 Å². The largest absolute Gasteiger partial charge is 0.268 e. The van der Waals surface area contributed by atoms with Crippen LogP contribution in [0.3, 0.4) is 0 Å². The van der Waals surface area contributed by atoms with Gasteiger partial charge < -0.3 is 0 Å². The normalized spacial score (nSPS) is 18.1. The Bertz CT molecular complexity index is 395. The highest BCUT2D eigenvalue weighted by Crippen LogP contribution is 2.47. The molecule has 0 radical (unpaired) electrons. The molecule has 0 amide bonds. The molecule has 1 aliphatic carbocycles. The van der Waals surface area contributed by atoms with Gasteiger partial charge in [0.05, 0.1) is 12.2 Å². The van der Waals surface area contributed by atoms with Crippen molar-refractivity contribution < 1.29 is 0 Å². The second-order valence-corrected chi connectivity index (χ2v) is 4.44. The third-order valence-corrected chi connectivity index (χ3v) is 3.45. The highest BCUT2D eigenvalue weighted by Gasteiger charge is 2.41. The van der Waals surface area contributed by atoms with Crippen LogP contribution >= 0.6 is 12.6 Å². The molecule has 0 saturated heterocycles. The number of hydrogen-bond donors (Lipinski definition) is 1. The number of thiol groups is 1. The predicted molar refractivity (Wildman–Crippen MR) is 58.8 cm³/mol. The van der Waals surface area contributed by atoms with E-state index in [1.54, 1.807) is 16.8 Å². The molecule has 0 aliphatic heterocycles. The van der Waals surface area contributed by atoms with E-state index in [0.717, 1.165) is 18.0 Å². The Balaban J connectivity index is 2.24. The molecule has 0 aromatic carbocycles. The van der Waals surface area contributed by atoms with Gasteiger partial charge in [0, 0.05) is 6.07 Å². The molecule has 0 bridgehead atoms. The van der Waals surface area contributed by atoms with Gasteiger partial charge in [0.1, 0.15) is 0 Å². The molecule has 1 aliphatic rings. The Morgan fingerprint density at radius 1 is 1.57 bits per heavy atom. The third kappa shape index (κ3) is 1.85. The van der Waals surface area contributed by atoms with Crippen LogP contribution in [0.25, 0.3) is 0 Å². The molecule has 2 rings (SSSR count). The highest BCUT2D eigenvalue weighted by atomic mass is 32.1. The van der Waals surface area contributed by atoms with Gasteiger partial charge in [-0.05, 0) is 37.0 Å². The van der Waals surface area contributed by atoms with Crippen LogP contribution in [0.4, 0.5) is 0 Å². The van der Waals surface area contributed by atoms with Gasteiger partial charge in [-0.15, -0.1) is 0 Å². The smallest absolute Gasteiger partial charge is 0.266 e. The van der Waals surface area contributed by atoms with Gasteiger partial charge in [-0.2, -0.15) is 17.7 Å². The van der Waals surface area contributed by atoms with Gasteiger partial charge in [0.2, 0.25) is 0 Å². The topological polar surface area (TPSA) is 34.9 Å². The Morgan fingerprint density at radius 2 is 2.29 bits per heavy atom. The summed E-state index contributed by atoms with van der Waals surface area (Å²) in [5.74, 6) is 0.842. The molecule has 4 heteroatoms. The highest BCUT2D eigenvalue weighted by molar-refractivity contribution is 7.80. The van der Waals surface area contributed by atoms with Crippen molar-refractivity contribution in [2.45, 2.75) is 26.3 Å². The van der Waals surface area contributed by atoms with Crippen LogP contribution in [0.15, 0.2) is 16.9 Å². The van der Waals surface area contributed by atoms with E-state index in [9.17, 15) is 4.79 Å².